The Bertz CT molecular complexity index is 831. The third-order valence-corrected chi connectivity index (χ3v) is 4.75. The predicted molar refractivity (Wildman–Crippen MR) is 105 cm³/mol. The van der Waals surface area contributed by atoms with E-state index in [0.717, 1.165) is 43.4 Å². The number of rotatable bonds is 4. The molecule has 4 rings (SSSR count). The summed E-state index contributed by atoms with van der Waals surface area (Å²) in [6.07, 6.45) is 0.0609. The molecule has 7 heteroatoms. The van der Waals surface area contributed by atoms with Crippen molar-refractivity contribution in [3.05, 3.63) is 48.5 Å². The molecule has 1 saturated heterocycles. The summed E-state index contributed by atoms with van der Waals surface area (Å²) in [7, 11) is 0. The van der Waals surface area contributed by atoms with Crippen LogP contribution in [0.15, 0.2) is 48.5 Å². The molecule has 2 aliphatic heterocycles. The summed E-state index contributed by atoms with van der Waals surface area (Å²) in [6.45, 7) is 3.21. The molecule has 2 aliphatic rings. The number of para-hydroxylation sites is 2. The zero-order valence-electron chi connectivity index (χ0n) is 14.9. The van der Waals surface area contributed by atoms with Gasteiger partial charge in [-0.1, -0.05) is 12.1 Å². The molecule has 0 aliphatic carbocycles. The van der Waals surface area contributed by atoms with Crippen molar-refractivity contribution < 1.29 is 14.3 Å². The number of anilines is 4. The number of nitrogens with one attached hydrogen (secondary N) is 3. The Morgan fingerprint density at radius 3 is 2.52 bits per heavy atom. The average molecular weight is 366 g/mol. The van der Waals surface area contributed by atoms with Crippen LogP contribution in [0.4, 0.5) is 22.7 Å². The second kappa shape index (κ2) is 7.67. The summed E-state index contributed by atoms with van der Waals surface area (Å²) in [6, 6.07) is 14.6. The largest absolute Gasteiger partial charge is 0.378 e. The van der Waals surface area contributed by atoms with Crippen LogP contribution in [0.2, 0.25) is 0 Å². The first kappa shape index (κ1) is 17.4. The molecule has 7 nitrogen and oxygen atoms in total. The molecular formula is C20H22N4O3. The number of hydrogen-bond donors (Lipinski definition) is 3. The Hall–Kier alpha value is -3.06. The second-order valence-corrected chi connectivity index (χ2v) is 6.63. The van der Waals surface area contributed by atoms with Gasteiger partial charge in [-0.25, -0.2) is 0 Å². The van der Waals surface area contributed by atoms with Crippen molar-refractivity contribution in [2.45, 2.75) is 12.5 Å². The van der Waals surface area contributed by atoms with Crippen molar-refractivity contribution >= 4 is 34.6 Å². The van der Waals surface area contributed by atoms with E-state index >= 15 is 0 Å². The summed E-state index contributed by atoms with van der Waals surface area (Å²) in [4.78, 5) is 26.8. The Balaban J connectivity index is 1.35. The van der Waals surface area contributed by atoms with Gasteiger partial charge in [0.25, 0.3) is 0 Å². The van der Waals surface area contributed by atoms with Crippen LogP contribution in [0, 0.1) is 0 Å². The van der Waals surface area contributed by atoms with Crippen molar-refractivity contribution in [3.63, 3.8) is 0 Å². The van der Waals surface area contributed by atoms with Gasteiger partial charge in [0.1, 0.15) is 6.04 Å². The Labute approximate surface area is 157 Å². The number of fused-ring (bicyclic) bond motifs is 1. The topological polar surface area (TPSA) is 82.7 Å². The Kier molecular flexibility index (Phi) is 4.93. The number of benzene rings is 2. The SMILES string of the molecule is O=C(C[C@H]1Nc2ccccc2NC1=O)Nc1ccc(N2CCOCC2)cc1. The first-order chi connectivity index (χ1) is 13.2. The number of hydrogen-bond acceptors (Lipinski definition) is 5. The van der Waals surface area contributed by atoms with Gasteiger partial charge in [-0.2, -0.15) is 0 Å². The van der Waals surface area contributed by atoms with Gasteiger partial charge in [-0.3, -0.25) is 9.59 Å². The highest BCUT2D eigenvalue weighted by atomic mass is 16.5. The zero-order chi connectivity index (χ0) is 18.6. The molecule has 1 atom stereocenters. The minimum Gasteiger partial charge on any atom is -0.378 e. The Morgan fingerprint density at radius 2 is 1.78 bits per heavy atom. The highest BCUT2D eigenvalue weighted by Gasteiger charge is 2.27. The molecule has 0 bridgehead atoms. The van der Waals surface area contributed by atoms with Crippen LogP contribution >= 0.6 is 0 Å². The number of carbonyl (C=O) groups is 2. The molecule has 0 unspecified atom stereocenters. The first-order valence-corrected chi connectivity index (χ1v) is 9.08. The van der Waals surface area contributed by atoms with Crippen LogP contribution in [0.25, 0.3) is 0 Å². The molecule has 2 aromatic rings. The van der Waals surface area contributed by atoms with E-state index in [4.69, 9.17) is 4.74 Å². The molecule has 0 aromatic heterocycles. The van der Waals surface area contributed by atoms with Gasteiger partial charge in [0.2, 0.25) is 11.8 Å². The van der Waals surface area contributed by atoms with Gasteiger partial charge in [0.15, 0.2) is 0 Å². The second-order valence-electron chi connectivity index (χ2n) is 6.63. The van der Waals surface area contributed by atoms with Crippen molar-refractivity contribution in [1.29, 1.82) is 0 Å². The lowest BCUT2D eigenvalue weighted by Gasteiger charge is -2.29. The van der Waals surface area contributed by atoms with E-state index in [-0.39, 0.29) is 18.2 Å². The minimum atomic E-state index is -0.590. The molecule has 1 fully saturated rings. The van der Waals surface area contributed by atoms with Gasteiger partial charge in [-0.05, 0) is 36.4 Å². The fraction of sp³-hybridized carbons (Fsp3) is 0.300. The molecule has 0 saturated carbocycles. The molecule has 3 N–H and O–H groups in total. The normalized spacial score (nSPS) is 18.9. The van der Waals surface area contributed by atoms with Crippen molar-refractivity contribution in [1.82, 2.24) is 0 Å². The van der Waals surface area contributed by atoms with Crippen LogP contribution in [0.5, 0.6) is 0 Å². The fourth-order valence-corrected chi connectivity index (χ4v) is 3.31. The van der Waals surface area contributed by atoms with Crippen molar-refractivity contribution in [2.24, 2.45) is 0 Å². The van der Waals surface area contributed by atoms with Gasteiger partial charge in [0, 0.05) is 24.5 Å². The van der Waals surface area contributed by atoms with E-state index in [1.54, 1.807) is 0 Å². The fourth-order valence-electron chi connectivity index (χ4n) is 3.31. The van der Waals surface area contributed by atoms with Gasteiger partial charge >= 0.3 is 0 Å². The van der Waals surface area contributed by atoms with Gasteiger partial charge in [0.05, 0.1) is 31.0 Å². The Morgan fingerprint density at radius 1 is 1.07 bits per heavy atom. The number of amides is 2. The number of morpholine rings is 1. The van der Waals surface area contributed by atoms with Crippen LogP contribution in [-0.2, 0) is 14.3 Å². The molecule has 140 valence electrons. The predicted octanol–water partition coefficient (Wildman–Crippen LogP) is 2.28. The van der Waals surface area contributed by atoms with Gasteiger partial charge < -0.3 is 25.6 Å². The molecule has 0 radical (unpaired) electrons. The van der Waals surface area contributed by atoms with E-state index in [1.165, 1.54) is 0 Å². The zero-order valence-corrected chi connectivity index (χ0v) is 14.9. The monoisotopic (exact) mass is 366 g/mol. The van der Waals surface area contributed by atoms with Gasteiger partial charge in [-0.15, -0.1) is 0 Å². The summed E-state index contributed by atoms with van der Waals surface area (Å²) in [5.41, 5.74) is 3.39. The van der Waals surface area contributed by atoms with E-state index in [1.807, 2.05) is 48.5 Å². The lowest BCUT2D eigenvalue weighted by molar-refractivity contribution is -0.122. The quantitative estimate of drug-likeness (QED) is 0.773. The lowest BCUT2D eigenvalue weighted by atomic mass is 10.1. The third kappa shape index (κ3) is 4.03. The average Bonchev–Trinajstić information content (AvgIpc) is 2.70. The van der Waals surface area contributed by atoms with Crippen LogP contribution in [0.1, 0.15) is 6.42 Å². The first-order valence-electron chi connectivity index (χ1n) is 9.08. The maximum Gasteiger partial charge on any atom is 0.247 e. The smallest absolute Gasteiger partial charge is 0.247 e. The lowest BCUT2D eigenvalue weighted by Crippen LogP contribution is -2.41. The van der Waals surface area contributed by atoms with E-state index in [2.05, 4.69) is 20.9 Å². The molecule has 2 aromatic carbocycles. The van der Waals surface area contributed by atoms with Crippen LogP contribution in [-0.4, -0.2) is 44.2 Å². The molecule has 0 spiro atoms. The number of ether oxygens (including phenoxy) is 1. The molecular weight excluding hydrogens is 344 g/mol. The van der Waals surface area contributed by atoms with Crippen molar-refractivity contribution in [2.75, 3.05) is 47.2 Å². The summed E-state index contributed by atoms with van der Waals surface area (Å²) < 4.78 is 5.36. The summed E-state index contributed by atoms with van der Waals surface area (Å²) in [5.74, 6) is -0.410. The third-order valence-electron chi connectivity index (χ3n) is 4.75. The number of nitrogens with zero attached hydrogens (tertiary/aromatic N) is 1. The minimum absolute atomic E-state index is 0.0609. The van der Waals surface area contributed by atoms with Crippen LogP contribution < -0.4 is 20.9 Å². The molecule has 2 heterocycles. The molecule has 2 amide bonds. The summed E-state index contributed by atoms with van der Waals surface area (Å²) >= 11 is 0. The highest BCUT2D eigenvalue weighted by molar-refractivity contribution is 6.06. The summed E-state index contributed by atoms with van der Waals surface area (Å²) in [5, 5.41) is 8.81. The standard InChI is InChI=1S/C20H22N4O3/c25-19(13-18-20(26)23-17-4-2-1-3-16(17)22-18)21-14-5-7-15(8-6-14)24-9-11-27-12-10-24/h1-8,18,22H,9-13H2,(H,21,25)(H,23,26)/t18-/m1/s1. The maximum absolute atomic E-state index is 12.4. The maximum atomic E-state index is 12.4. The van der Waals surface area contributed by atoms with Crippen LogP contribution in [0.3, 0.4) is 0 Å². The molecule has 27 heavy (non-hydrogen) atoms. The van der Waals surface area contributed by atoms with E-state index in [0.29, 0.717) is 5.69 Å². The highest BCUT2D eigenvalue weighted by Crippen LogP contribution is 2.27. The number of carbonyl (C=O) groups excluding carboxylic acids is 2. The van der Waals surface area contributed by atoms with Crippen molar-refractivity contribution in [3.8, 4) is 0 Å². The van der Waals surface area contributed by atoms with E-state index < -0.39 is 6.04 Å². The van der Waals surface area contributed by atoms with E-state index in [9.17, 15) is 9.59 Å².